The summed E-state index contributed by atoms with van der Waals surface area (Å²) >= 11 is 0. The molecule has 1 aliphatic rings. The molecule has 7 heteroatoms. The van der Waals surface area contributed by atoms with Gasteiger partial charge in [-0.1, -0.05) is 33.6 Å². The van der Waals surface area contributed by atoms with Crippen LogP contribution in [-0.4, -0.2) is 83.8 Å². The Morgan fingerprint density at radius 3 is 1.93 bits per heavy atom. The fourth-order valence-electron chi connectivity index (χ4n) is 3.43. The SMILES string of the molecule is CC(C)C(=O)[C@H](C(C)C)N(C)C(=O)C1(F)CCN(C(=O)C#CC(C)(C)N(C)C)CC1. The Balaban J connectivity index is 2.87. The first-order valence-electron chi connectivity index (χ1n) is 10.6. The first-order chi connectivity index (χ1) is 13.6. The molecule has 1 fully saturated rings. The van der Waals surface area contributed by atoms with Crippen LogP contribution in [0.4, 0.5) is 4.39 Å². The Morgan fingerprint density at radius 2 is 1.53 bits per heavy atom. The number of alkyl halides is 1. The zero-order valence-corrected chi connectivity index (χ0v) is 20.0. The van der Waals surface area contributed by atoms with Gasteiger partial charge in [0, 0.05) is 38.9 Å². The molecule has 1 heterocycles. The lowest BCUT2D eigenvalue weighted by molar-refractivity contribution is -0.154. The van der Waals surface area contributed by atoms with Crippen molar-refractivity contribution in [3.8, 4) is 11.8 Å². The van der Waals surface area contributed by atoms with Crippen LogP contribution in [0.2, 0.25) is 0 Å². The number of rotatable bonds is 6. The minimum absolute atomic E-state index is 0.0733. The number of carbonyl (C=O) groups is 3. The summed E-state index contributed by atoms with van der Waals surface area (Å²) in [5, 5.41) is 0. The van der Waals surface area contributed by atoms with Crippen LogP contribution in [0.1, 0.15) is 54.4 Å². The molecule has 170 valence electrons. The van der Waals surface area contributed by atoms with Crippen LogP contribution in [0, 0.1) is 23.7 Å². The monoisotopic (exact) mass is 423 g/mol. The van der Waals surface area contributed by atoms with E-state index in [9.17, 15) is 14.4 Å². The average Bonchev–Trinajstić information content (AvgIpc) is 2.65. The highest BCUT2D eigenvalue weighted by molar-refractivity contribution is 5.95. The second-order valence-corrected chi connectivity index (χ2v) is 9.62. The van der Waals surface area contributed by atoms with Crippen molar-refractivity contribution in [3.63, 3.8) is 0 Å². The predicted molar refractivity (Wildman–Crippen MR) is 116 cm³/mol. The molecule has 6 nitrogen and oxygen atoms in total. The van der Waals surface area contributed by atoms with E-state index in [0.29, 0.717) is 0 Å². The Labute approximate surface area is 181 Å². The molecule has 30 heavy (non-hydrogen) atoms. The number of halogens is 1. The molecule has 0 aromatic rings. The van der Waals surface area contributed by atoms with Gasteiger partial charge in [-0.3, -0.25) is 19.3 Å². The molecule has 1 rings (SSSR count). The summed E-state index contributed by atoms with van der Waals surface area (Å²) in [6, 6.07) is -0.663. The number of likely N-dealkylation sites (N-methyl/N-ethyl adjacent to an activating group) is 1. The van der Waals surface area contributed by atoms with E-state index in [1.54, 1.807) is 13.8 Å². The normalized spacial score (nSPS) is 17.6. The van der Waals surface area contributed by atoms with Gasteiger partial charge in [0.15, 0.2) is 11.5 Å². The number of hydrogen-bond donors (Lipinski definition) is 0. The topological polar surface area (TPSA) is 60.9 Å². The molecule has 0 N–H and O–H groups in total. The number of piperidine rings is 1. The van der Waals surface area contributed by atoms with Gasteiger partial charge in [-0.25, -0.2) is 4.39 Å². The molecule has 1 atom stereocenters. The molecule has 0 aliphatic carbocycles. The molecule has 0 aromatic heterocycles. The van der Waals surface area contributed by atoms with Crippen LogP contribution in [-0.2, 0) is 14.4 Å². The van der Waals surface area contributed by atoms with Gasteiger partial charge in [0.2, 0.25) is 0 Å². The number of likely N-dealkylation sites (tertiary alicyclic amines) is 1. The predicted octanol–water partition coefficient (Wildman–Crippen LogP) is 2.37. The van der Waals surface area contributed by atoms with Gasteiger partial charge in [0.1, 0.15) is 0 Å². The number of amides is 2. The lowest BCUT2D eigenvalue weighted by Crippen LogP contribution is -2.57. The maximum Gasteiger partial charge on any atom is 0.298 e. The first kappa shape index (κ1) is 26.1. The van der Waals surface area contributed by atoms with Gasteiger partial charge >= 0.3 is 0 Å². The van der Waals surface area contributed by atoms with E-state index in [2.05, 4.69) is 11.8 Å². The second-order valence-electron chi connectivity index (χ2n) is 9.62. The highest BCUT2D eigenvalue weighted by Gasteiger charge is 2.46. The van der Waals surface area contributed by atoms with Crippen LogP contribution in [0.25, 0.3) is 0 Å². The molecular weight excluding hydrogens is 385 g/mol. The fourth-order valence-corrected chi connectivity index (χ4v) is 3.43. The van der Waals surface area contributed by atoms with E-state index in [1.807, 2.05) is 46.7 Å². The summed E-state index contributed by atoms with van der Waals surface area (Å²) in [6.45, 7) is 11.3. The van der Waals surface area contributed by atoms with Gasteiger partial charge < -0.3 is 9.80 Å². The molecule has 0 unspecified atom stereocenters. The number of nitrogens with zero attached hydrogens (tertiary/aromatic N) is 3. The van der Waals surface area contributed by atoms with Crippen molar-refractivity contribution in [1.82, 2.24) is 14.7 Å². The molecule has 0 aromatic carbocycles. The Kier molecular flexibility index (Phi) is 8.62. The lowest BCUT2D eigenvalue weighted by Gasteiger charge is -2.39. The van der Waals surface area contributed by atoms with E-state index < -0.39 is 23.2 Å². The van der Waals surface area contributed by atoms with Gasteiger partial charge in [-0.15, -0.1) is 0 Å². The molecule has 0 bridgehead atoms. The highest BCUT2D eigenvalue weighted by atomic mass is 19.1. The van der Waals surface area contributed by atoms with Crippen molar-refractivity contribution >= 4 is 17.6 Å². The zero-order chi connectivity index (χ0) is 23.4. The first-order valence-corrected chi connectivity index (χ1v) is 10.6. The molecule has 1 saturated heterocycles. The van der Waals surface area contributed by atoms with E-state index in [0.717, 1.165) is 0 Å². The van der Waals surface area contributed by atoms with Crippen molar-refractivity contribution in [1.29, 1.82) is 0 Å². The van der Waals surface area contributed by atoms with Gasteiger partial charge in [-0.2, -0.15) is 0 Å². The molecular formula is C23H38FN3O3. The van der Waals surface area contributed by atoms with Crippen molar-refractivity contribution < 1.29 is 18.8 Å². The van der Waals surface area contributed by atoms with Gasteiger partial charge in [0.25, 0.3) is 11.8 Å². The Hall–Kier alpha value is -1.94. The lowest BCUT2D eigenvalue weighted by atomic mass is 9.87. The van der Waals surface area contributed by atoms with Gasteiger partial charge in [-0.05, 0) is 39.8 Å². The molecule has 0 radical (unpaired) electrons. The minimum atomic E-state index is -2.08. The third-order valence-corrected chi connectivity index (χ3v) is 6.05. The smallest absolute Gasteiger partial charge is 0.298 e. The summed E-state index contributed by atoms with van der Waals surface area (Å²) in [4.78, 5) is 42.6. The average molecular weight is 424 g/mol. The summed E-state index contributed by atoms with van der Waals surface area (Å²) in [6.07, 6.45) is -0.192. The van der Waals surface area contributed by atoms with E-state index in [-0.39, 0.29) is 49.5 Å². The Bertz CT molecular complexity index is 711. The fraction of sp³-hybridized carbons (Fsp3) is 0.783. The largest absolute Gasteiger partial charge is 0.333 e. The number of carbonyl (C=O) groups excluding carboxylic acids is 3. The van der Waals surface area contributed by atoms with Crippen LogP contribution < -0.4 is 0 Å². The van der Waals surface area contributed by atoms with Crippen LogP contribution in [0.3, 0.4) is 0 Å². The molecule has 1 aliphatic heterocycles. The maximum absolute atomic E-state index is 15.5. The summed E-state index contributed by atoms with van der Waals surface area (Å²) in [5.74, 6) is 4.12. The molecule has 0 spiro atoms. The summed E-state index contributed by atoms with van der Waals surface area (Å²) in [7, 11) is 5.27. The van der Waals surface area contributed by atoms with Crippen molar-refractivity contribution in [2.75, 3.05) is 34.2 Å². The van der Waals surface area contributed by atoms with Crippen molar-refractivity contribution in [2.24, 2.45) is 11.8 Å². The quantitative estimate of drug-likeness (QED) is 0.616. The van der Waals surface area contributed by atoms with Crippen LogP contribution in [0.15, 0.2) is 0 Å². The molecule has 2 amide bonds. The number of hydrogen-bond acceptors (Lipinski definition) is 4. The van der Waals surface area contributed by atoms with E-state index in [4.69, 9.17) is 0 Å². The third kappa shape index (κ3) is 6.04. The van der Waals surface area contributed by atoms with E-state index in [1.165, 1.54) is 16.8 Å². The second kappa shape index (κ2) is 9.91. The zero-order valence-electron chi connectivity index (χ0n) is 20.0. The van der Waals surface area contributed by atoms with Gasteiger partial charge in [0.05, 0.1) is 11.6 Å². The third-order valence-electron chi connectivity index (χ3n) is 6.05. The van der Waals surface area contributed by atoms with E-state index >= 15 is 4.39 Å². The summed E-state index contributed by atoms with van der Waals surface area (Å²) < 4.78 is 15.5. The van der Waals surface area contributed by atoms with Crippen LogP contribution in [0.5, 0.6) is 0 Å². The van der Waals surface area contributed by atoms with Crippen molar-refractivity contribution in [3.05, 3.63) is 0 Å². The number of ketones is 1. The minimum Gasteiger partial charge on any atom is -0.333 e. The standard InChI is InChI=1S/C23H38FN3O3/c1-16(2)19(20(29)17(3)4)26(9)21(30)23(24)12-14-27(15-13-23)18(28)10-11-22(5,6)25(7)8/h16-17,19H,12-15H2,1-9H3/t19-/m0/s1. The van der Waals surface area contributed by atoms with Crippen molar-refractivity contribution in [2.45, 2.75) is 71.6 Å². The Morgan fingerprint density at radius 1 is 1.03 bits per heavy atom. The maximum atomic E-state index is 15.5. The highest BCUT2D eigenvalue weighted by Crippen LogP contribution is 2.30. The molecule has 0 saturated carbocycles. The number of Topliss-reactive ketones (excluding diaryl/α,β-unsaturated/α-hetero) is 1. The van der Waals surface area contributed by atoms with Crippen LogP contribution >= 0.6 is 0 Å². The summed E-state index contributed by atoms with van der Waals surface area (Å²) in [5.41, 5.74) is -2.53.